The molecule has 0 bridgehead atoms. The SMILES string of the molecule is CCCNCCNS(=O)(=O)c1ccc(C(=O)OCC)cc1Br.Cl. The zero-order valence-electron chi connectivity index (χ0n) is 13.1. The Morgan fingerprint density at radius 1 is 1.22 bits per heavy atom. The molecular weight excluding hydrogens is 408 g/mol. The standard InChI is InChI=1S/C14H21BrN2O4S.ClH/c1-3-7-16-8-9-17-22(19,20)13-6-5-11(10-12(13)15)14(18)21-4-2;/h5-6,10,16-17H,3-4,7-9H2,1-2H3;1H. The van der Waals surface area contributed by atoms with Gasteiger partial charge in [0, 0.05) is 17.6 Å². The van der Waals surface area contributed by atoms with Crippen molar-refractivity contribution in [1.29, 1.82) is 0 Å². The Bertz CT molecular complexity index is 611. The molecule has 0 spiro atoms. The number of rotatable bonds is 9. The van der Waals surface area contributed by atoms with Gasteiger partial charge in [0.2, 0.25) is 10.0 Å². The molecule has 1 rings (SSSR count). The number of halogens is 2. The van der Waals surface area contributed by atoms with Gasteiger partial charge in [0.1, 0.15) is 0 Å². The molecule has 2 N–H and O–H groups in total. The molecule has 6 nitrogen and oxygen atoms in total. The third-order valence-corrected chi connectivity index (χ3v) is 5.19. The zero-order chi connectivity index (χ0) is 16.6. The lowest BCUT2D eigenvalue weighted by Gasteiger charge is -2.10. The number of hydrogen-bond acceptors (Lipinski definition) is 5. The van der Waals surface area contributed by atoms with Crippen LogP contribution in [0, 0.1) is 0 Å². The average molecular weight is 430 g/mol. The Kier molecular flexibility index (Phi) is 10.7. The quantitative estimate of drug-likeness (QED) is 0.465. The maximum atomic E-state index is 12.2. The van der Waals surface area contributed by atoms with Crippen molar-refractivity contribution < 1.29 is 17.9 Å². The molecular formula is C14H22BrClN2O4S. The van der Waals surface area contributed by atoms with Gasteiger partial charge in [-0.25, -0.2) is 17.9 Å². The van der Waals surface area contributed by atoms with Gasteiger partial charge in [-0.2, -0.15) is 0 Å². The minimum Gasteiger partial charge on any atom is -0.462 e. The smallest absolute Gasteiger partial charge is 0.338 e. The van der Waals surface area contributed by atoms with E-state index in [4.69, 9.17) is 4.74 Å². The lowest BCUT2D eigenvalue weighted by Crippen LogP contribution is -2.32. The third kappa shape index (κ3) is 7.17. The molecule has 0 heterocycles. The van der Waals surface area contributed by atoms with E-state index in [1.54, 1.807) is 6.92 Å². The van der Waals surface area contributed by atoms with Crippen molar-refractivity contribution in [3.63, 3.8) is 0 Å². The number of carbonyl (C=O) groups excluding carboxylic acids is 1. The molecule has 132 valence electrons. The summed E-state index contributed by atoms with van der Waals surface area (Å²) in [7, 11) is -3.62. The number of hydrogen-bond donors (Lipinski definition) is 2. The van der Waals surface area contributed by atoms with Gasteiger partial charge in [0.15, 0.2) is 0 Å². The van der Waals surface area contributed by atoms with Crippen molar-refractivity contribution in [3.8, 4) is 0 Å². The first-order valence-electron chi connectivity index (χ1n) is 7.09. The molecule has 1 aromatic rings. The Morgan fingerprint density at radius 2 is 1.91 bits per heavy atom. The fraction of sp³-hybridized carbons (Fsp3) is 0.500. The summed E-state index contributed by atoms with van der Waals surface area (Å²) >= 11 is 3.19. The molecule has 0 fully saturated rings. The summed E-state index contributed by atoms with van der Waals surface area (Å²) < 4.78 is 32.1. The van der Waals surface area contributed by atoms with E-state index in [1.165, 1.54) is 18.2 Å². The maximum absolute atomic E-state index is 12.2. The highest BCUT2D eigenvalue weighted by Gasteiger charge is 2.19. The first kappa shape index (κ1) is 22.3. The van der Waals surface area contributed by atoms with E-state index in [-0.39, 0.29) is 23.9 Å². The second kappa shape index (κ2) is 11.0. The predicted molar refractivity (Wildman–Crippen MR) is 95.7 cm³/mol. The van der Waals surface area contributed by atoms with Crippen molar-refractivity contribution in [3.05, 3.63) is 28.2 Å². The van der Waals surface area contributed by atoms with Crippen LogP contribution in [-0.4, -0.2) is 40.6 Å². The summed E-state index contributed by atoms with van der Waals surface area (Å²) in [5, 5.41) is 3.11. The van der Waals surface area contributed by atoms with Gasteiger partial charge in [-0.1, -0.05) is 6.92 Å². The maximum Gasteiger partial charge on any atom is 0.338 e. The van der Waals surface area contributed by atoms with E-state index in [1.807, 2.05) is 6.92 Å². The number of carbonyl (C=O) groups is 1. The molecule has 0 aromatic heterocycles. The Labute approximate surface area is 152 Å². The zero-order valence-corrected chi connectivity index (χ0v) is 16.3. The summed E-state index contributed by atoms with van der Waals surface area (Å²) in [5.74, 6) is -0.483. The fourth-order valence-corrected chi connectivity index (χ4v) is 3.82. The molecule has 0 saturated carbocycles. The number of nitrogens with one attached hydrogen (secondary N) is 2. The van der Waals surface area contributed by atoms with Crippen LogP contribution >= 0.6 is 28.3 Å². The highest BCUT2D eigenvalue weighted by atomic mass is 79.9. The molecule has 0 aliphatic heterocycles. The number of benzene rings is 1. The molecule has 0 amide bonds. The van der Waals surface area contributed by atoms with Gasteiger partial charge in [0.25, 0.3) is 0 Å². The minimum atomic E-state index is -3.62. The van der Waals surface area contributed by atoms with E-state index in [0.29, 0.717) is 23.1 Å². The van der Waals surface area contributed by atoms with Crippen LogP contribution in [0.1, 0.15) is 30.6 Å². The second-order valence-electron chi connectivity index (χ2n) is 4.51. The van der Waals surface area contributed by atoms with Crippen LogP contribution in [0.15, 0.2) is 27.6 Å². The van der Waals surface area contributed by atoms with Crippen molar-refractivity contribution in [2.45, 2.75) is 25.2 Å². The van der Waals surface area contributed by atoms with Crippen LogP contribution < -0.4 is 10.0 Å². The Morgan fingerprint density at radius 3 is 2.48 bits per heavy atom. The van der Waals surface area contributed by atoms with Crippen LogP contribution in [0.5, 0.6) is 0 Å². The fourth-order valence-electron chi connectivity index (χ4n) is 1.71. The first-order chi connectivity index (χ1) is 10.4. The van der Waals surface area contributed by atoms with E-state index in [0.717, 1.165) is 13.0 Å². The van der Waals surface area contributed by atoms with E-state index in [2.05, 4.69) is 26.0 Å². The molecule has 0 radical (unpaired) electrons. The summed E-state index contributed by atoms with van der Waals surface area (Å²) in [6, 6.07) is 4.27. The van der Waals surface area contributed by atoms with Crippen LogP contribution in [0.2, 0.25) is 0 Å². The summed E-state index contributed by atoms with van der Waals surface area (Å²) in [6.45, 7) is 5.73. The predicted octanol–water partition coefficient (Wildman–Crippen LogP) is 2.33. The monoisotopic (exact) mass is 428 g/mol. The van der Waals surface area contributed by atoms with Crippen LogP contribution in [0.25, 0.3) is 0 Å². The van der Waals surface area contributed by atoms with Crippen molar-refractivity contribution in [2.24, 2.45) is 0 Å². The number of ether oxygens (including phenoxy) is 1. The number of esters is 1. The summed E-state index contributed by atoms with van der Waals surface area (Å²) in [5.41, 5.74) is 0.303. The highest BCUT2D eigenvalue weighted by molar-refractivity contribution is 9.10. The molecule has 0 atom stereocenters. The first-order valence-corrected chi connectivity index (χ1v) is 9.37. The molecule has 0 aliphatic rings. The van der Waals surface area contributed by atoms with Gasteiger partial charge in [-0.15, -0.1) is 12.4 Å². The molecule has 23 heavy (non-hydrogen) atoms. The van der Waals surface area contributed by atoms with E-state index < -0.39 is 16.0 Å². The minimum absolute atomic E-state index is 0. The lowest BCUT2D eigenvalue weighted by atomic mass is 10.2. The molecule has 0 aliphatic carbocycles. The largest absolute Gasteiger partial charge is 0.462 e. The van der Waals surface area contributed by atoms with Crippen LogP contribution in [0.3, 0.4) is 0 Å². The van der Waals surface area contributed by atoms with Crippen molar-refractivity contribution >= 4 is 44.3 Å². The highest BCUT2D eigenvalue weighted by Crippen LogP contribution is 2.23. The van der Waals surface area contributed by atoms with Gasteiger partial charge in [0.05, 0.1) is 17.1 Å². The summed E-state index contributed by atoms with van der Waals surface area (Å²) in [6.07, 6.45) is 0.994. The third-order valence-electron chi connectivity index (χ3n) is 2.75. The average Bonchev–Trinajstić information content (AvgIpc) is 2.46. The van der Waals surface area contributed by atoms with Gasteiger partial charge < -0.3 is 10.1 Å². The number of sulfonamides is 1. The van der Waals surface area contributed by atoms with Gasteiger partial charge >= 0.3 is 5.97 Å². The van der Waals surface area contributed by atoms with E-state index >= 15 is 0 Å². The van der Waals surface area contributed by atoms with Crippen LogP contribution in [0.4, 0.5) is 0 Å². The summed E-state index contributed by atoms with van der Waals surface area (Å²) in [4.78, 5) is 11.7. The van der Waals surface area contributed by atoms with E-state index in [9.17, 15) is 13.2 Å². The molecule has 1 aromatic carbocycles. The Balaban J connectivity index is 0.00000484. The Hall–Kier alpha value is -0.670. The normalized spacial score (nSPS) is 10.9. The molecule has 0 saturated heterocycles. The van der Waals surface area contributed by atoms with Crippen LogP contribution in [-0.2, 0) is 14.8 Å². The lowest BCUT2D eigenvalue weighted by molar-refractivity contribution is 0.0526. The van der Waals surface area contributed by atoms with Crippen molar-refractivity contribution in [2.75, 3.05) is 26.2 Å². The van der Waals surface area contributed by atoms with Gasteiger partial charge in [-0.05, 0) is 54.0 Å². The second-order valence-corrected chi connectivity index (χ2v) is 7.10. The van der Waals surface area contributed by atoms with Crippen molar-refractivity contribution in [1.82, 2.24) is 10.0 Å². The molecule has 9 heteroatoms. The molecule has 0 unspecified atom stereocenters. The topological polar surface area (TPSA) is 84.5 Å². The van der Waals surface area contributed by atoms with Gasteiger partial charge in [-0.3, -0.25) is 0 Å².